The Morgan fingerprint density at radius 3 is 1.44 bits per heavy atom. The number of allylic oxidation sites excluding steroid dienone is 19. The van der Waals surface area contributed by atoms with Crippen molar-refractivity contribution in [1.82, 2.24) is 5.32 Å². The highest BCUT2D eigenvalue weighted by Crippen LogP contribution is 2.43. The van der Waals surface area contributed by atoms with E-state index in [-0.39, 0.29) is 19.1 Å². The van der Waals surface area contributed by atoms with E-state index in [0.717, 1.165) is 103 Å². The van der Waals surface area contributed by atoms with Crippen LogP contribution in [0.5, 0.6) is 0 Å². The van der Waals surface area contributed by atoms with Gasteiger partial charge in [-0.05, 0) is 96.3 Å². The molecule has 3 atom stereocenters. The molecule has 9 heteroatoms. The van der Waals surface area contributed by atoms with Crippen LogP contribution in [0.1, 0.15) is 168 Å². The largest absolute Gasteiger partial charge is 0.472 e. The molecule has 0 fully saturated rings. The number of hydrogen-bond donors (Lipinski definition) is 3. The fraction of sp³-hybridized carbons (Fsp3) is 0.618. The third kappa shape index (κ3) is 46.9. The summed E-state index contributed by atoms with van der Waals surface area (Å²) in [5.41, 5.74) is 0. The number of likely N-dealkylation sites (N-methyl/N-ethyl adjacent to an activating group) is 1. The highest BCUT2D eigenvalue weighted by atomic mass is 31.2. The molecular weight excluding hydrogens is 816 g/mol. The Bertz CT molecular complexity index is 1450. The maximum atomic E-state index is 12.9. The van der Waals surface area contributed by atoms with Crippen molar-refractivity contribution in [1.29, 1.82) is 0 Å². The number of amides is 1. The summed E-state index contributed by atoms with van der Waals surface area (Å²) in [4.78, 5) is 23.2. The second-order valence-corrected chi connectivity index (χ2v) is 18.9. The summed E-state index contributed by atoms with van der Waals surface area (Å²) < 4.78 is 23.5. The fourth-order valence-electron chi connectivity index (χ4n) is 6.25. The van der Waals surface area contributed by atoms with E-state index in [9.17, 15) is 19.4 Å². The monoisotopic (exact) mass is 910 g/mol. The molecule has 0 saturated carbocycles. The van der Waals surface area contributed by atoms with Gasteiger partial charge in [0.15, 0.2) is 0 Å². The minimum atomic E-state index is -4.36. The first-order chi connectivity index (χ1) is 31.0. The molecule has 0 aromatic rings. The Balaban J connectivity index is 4.38. The molecule has 64 heavy (non-hydrogen) atoms. The molecule has 0 radical (unpaired) electrons. The molecule has 0 aromatic heterocycles. The van der Waals surface area contributed by atoms with Crippen LogP contribution in [0.2, 0.25) is 0 Å². The molecule has 0 aromatic carbocycles. The minimum absolute atomic E-state index is 0.0435. The Hall–Kier alpha value is -3.10. The molecule has 0 rings (SSSR count). The van der Waals surface area contributed by atoms with Crippen LogP contribution in [-0.4, -0.2) is 73.4 Å². The summed E-state index contributed by atoms with van der Waals surface area (Å²) in [6, 6.07) is -0.885. The average molecular weight is 910 g/mol. The van der Waals surface area contributed by atoms with Crippen LogP contribution in [0.4, 0.5) is 0 Å². The highest BCUT2D eigenvalue weighted by Gasteiger charge is 2.27. The molecule has 0 saturated heterocycles. The summed E-state index contributed by atoms with van der Waals surface area (Å²) in [7, 11) is 1.51. The normalized spacial score (nSPS) is 15.2. The average Bonchev–Trinajstić information content (AvgIpc) is 3.25. The zero-order valence-electron chi connectivity index (χ0n) is 41.2. The van der Waals surface area contributed by atoms with Gasteiger partial charge < -0.3 is 19.8 Å². The van der Waals surface area contributed by atoms with Crippen LogP contribution >= 0.6 is 7.82 Å². The molecule has 0 aliphatic carbocycles. The number of aliphatic hydroxyl groups is 1. The molecule has 8 nitrogen and oxygen atoms in total. The quantitative estimate of drug-likeness (QED) is 0.0244. The molecule has 0 bridgehead atoms. The van der Waals surface area contributed by atoms with Gasteiger partial charge in [0.1, 0.15) is 13.2 Å². The second kappa shape index (κ2) is 45.1. The number of nitrogens with zero attached hydrogens (tertiary/aromatic N) is 1. The van der Waals surface area contributed by atoms with E-state index in [4.69, 9.17) is 9.05 Å². The first kappa shape index (κ1) is 60.9. The number of carbonyl (C=O) groups is 1. The standard InChI is InChI=1S/C55H93N2O6P/c1-6-8-10-12-14-16-18-20-21-22-23-24-25-26-27-28-29-30-31-32-33-34-35-37-39-41-43-45-47-49-55(59)56-53(52-63-64(60,61)62-51-50-57(3,4)5)54(58)48-46-44-42-40-38-36-19-17-15-13-11-9-7-2/h8,10,14,16,20-21,23-24,26-27,29-30,32-33,35,37-38,40,46,48,53-54,58H,6-7,9,11-13,15,17-19,22,25,28,31,34,36,39,41-45,47,49-52H2,1-5H3,(H-,56,59,60,61)/p+1/b10-8-,16-14-,21-20-,24-23-,27-26-,30-29-,33-32-,37-35-,40-38+,48-46+. The molecular formula is C55H94N2O6P+. The number of unbranched alkanes of at least 4 members (excludes halogenated alkanes) is 12. The van der Waals surface area contributed by atoms with Gasteiger partial charge in [-0.2, -0.15) is 0 Å². The van der Waals surface area contributed by atoms with Crippen LogP contribution < -0.4 is 5.32 Å². The number of phosphoric acid groups is 1. The number of aliphatic hydroxyl groups excluding tert-OH is 1. The molecule has 3 N–H and O–H groups in total. The van der Waals surface area contributed by atoms with Crippen molar-refractivity contribution in [2.45, 2.75) is 180 Å². The van der Waals surface area contributed by atoms with E-state index >= 15 is 0 Å². The molecule has 0 aliphatic heterocycles. The van der Waals surface area contributed by atoms with E-state index in [1.807, 2.05) is 27.2 Å². The van der Waals surface area contributed by atoms with E-state index < -0.39 is 20.0 Å². The van der Waals surface area contributed by atoms with Gasteiger partial charge in [0, 0.05) is 6.42 Å². The lowest BCUT2D eigenvalue weighted by Crippen LogP contribution is -2.45. The molecule has 1 amide bonds. The van der Waals surface area contributed by atoms with Crippen molar-refractivity contribution in [3.05, 3.63) is 122 Å². The molecule has 0 heterocycles. The summed E-state index contributed by atoms with van der Waals surface area (Å²) in [5, 5.41) is 13.8. The van der Waals surface area contributed by atoms with Crippen molar-refractivity contribution in [2.24, 2.45) is 0 Å². The van der Waals surface area contributed by atoms with Crippen molar-refractivity contribution in [3.8, 4) is 0 Å². The van der Waals surface area contributed by atoms with Gasteiger partial charge in [0.2, 0.25) is 5.91 Å². The van der Waals surface area contributed by atoms with E-state index in [1.165, 1.54) is 44.9 Å². The molecule has 0 spiro atoms. The second-order valence-electron chi connectivity index (χ2n) is 17.4. The van der Waals surface area contributed by atoms with Crippen molar-refractivity contribution >= 4 is 13.7 Å². The van der Waals surface area contributed by atoms with Gasteiger partial charge in [0.05, 0.1) is 39.9 Å². The van der Waals surface area contributed by atoms with E-state index in [0.29, 0.717) is 17.4 Å². The van der Waals surface area contributed by atoms with Gasteiger partial charge in [-0.3, -0.25) is 13.8 Å². The van der Waals surface area contributed by atoms with Crippen molar-refractivity contribution in [2.75, 3.05) is 40.9 Å². The number of phosphoric ester groups is 1. The Morgan fingerprint density at radius 2 is 0.953 bits per heavy atom. The summed E-state index contributed by atoms with van der Waals surface area (Å²) >= 11 is 0. The lowest BCUT2D eigenvalue weighted by Gasteiger charge is -2.25. The summed E-state index contributed by atoms with van der Waals surface area (Å²) in [6.45, 7) is 4.61. The maximum Gasteiger partial charge on any atom is 0.472 e. The van der Waals surface area contributed by atoms with Crippen molar-refractivity contribution in [3.63, 3.8) is 0 Å². The number of carbonyl (C=O) groups excluding carboxylic acids is 1. The van der Waals surface area contributed by atoms with Gasteiger partial charge in [-0.15, -0.1) is 0 Å². The summed E-state index contributed by atoms with van der Waals surface area (Å²) in [6.07, 6.45) is 67.1. The SMILES string of the molecule is CC/C=C\C/C=C\C/C=C\C/C=C\C/C=C\C/C=C\C/C=C\C/C=C\CCCCCCC(=O)NC(COP(=O)(O)OCC[N+](C)(C)C)C(O)/C=C/CC/C=C/CCCCCCCCC. The smallest absolute Gasteiger partial charge is 0.387 e. The number of quaternary nitrogens is 1. The third-order valence-electron chi connectivity index (χ3n) is 10.2. The highest BCUT2D eigenvalue weighted by molar-refractivity contribution is 7.47. The van der Waals surface area contributed by atoms with Crippen LogP contribution in [0.15, 0.2) is 122 Å². The predicted octanol–water partition coefficient (Wildman–Crippen LogP) is 14.6. The van der Waals surface area contributed by atoms with Crippen LogP contribution in [-0.2, 0) is 18.4 Å². The van der Waals surface area contributed by atoms with Crippen LogP contribution in [0, 0.1) is 0 Å². The zero-order chi connectivity index (χ0) is 47.1. The Labute approximate surface area is 393 Å². The van der Waals surface area contributed by atoms with Crippen molar-refractivity contribution < 1.29 is 32.9 Å². The van der Waals surface area contributed by atoms with Gasteiger partial charge in [-0.1, -0.05) is 187 Å². The first-order valence-electron chi connectivity index (χ1n) is 24.9. The maximum absolute atomic E-state index is 12.9. The van der Waals surface area contributed by atoms with Gasteiger partial charge >= 0.3 is 7.82 Å². The van der Waals surface area contributed by atoms with Gasteiger partial charge in [0.25, 0.3) is 0 Å². The fourth-order valence-corrected chi connectivity index (χ4v) is 6.98. The predicted molar refractivity (Wildman–Crippen MR) is 276 cm³/mol. The molecule has 3 unspecified atom stereocenters. The Morgan fingerprint density at radius 1 is 0.547 bits per heavy atom. The molecule has 364 valence electrons. The van der Waals surface area contributed by atoms with E-state index in [2.05, 4.69) is 129 Å². The number of rotatable bonds is 43. The Kier molecular flexibility index (Phi) is 42.9. The summed E-state index contributed by atoms with van der Waals surface area (Å²) in [5.74, 6) is -0.219. The van der Waals surface area contributed by atoms with Crippen LogP contribution in [0.25, 0.3) is 0 Å². The van der Waals surface area contributed by atoms with E-state index in [1.54, 1.807) is 6.08 Å². The minimum Gasteiger partial charge on any atom is -0.387 e. The zero-order valence-corrected chi connectivity index (χ0v) is 42.1. The number of hydrogen-bond acceptors (Lipinski definition) is 5. The number of nitrogens with one attached hydrogen (secondary N) is 1. The lowest BCUT2D eigenvalue weighted by molar-refractivity contribution is -0.870. The van der Waals surface area contributed by atoms with Gasteiger partial charge in [-0.25, -0.2) is 4.57 Å². The lowest BCUT2D eigenvalue weighted by atomic mass is 10.1. The third-order valence-corrected chi connectivity index (χ3v) is 11.1. The first-order valence-corrected chi connectivity index (χ1v) is 26.4. The topological polar surface area (TPSA) is 105 Å². The van der Waals surface area contributed by atoms with Crippen LogP contribution in [0.3, 0.4) is 0 Å². The molecule has 0 aliphatic rings.